The Balaban J connectivity index is 2.13. The van der Waals surface area contributed by atoms with Crippen LogP contribution in [0.1, 0.15) is 18.9 Å². The molecule has 0 N–H and O–H groups in total. The third-order valence-corrected chi connectivity index (χ3v) is 4.44. The highest BCUT2D eigenvalue weighted by atomic mass is 32.2. The second kappa shape index (κ2) is 3.48. The smallest absolute Gasteiger partial charge is 0.152 e. The van der Waals surface area contributed by atoms with Crippen LogP contribution >= 0.6 is 0 Å². The second-order valence-corrected chi connectivity index (χ2v) is 6.34. The highest BCUT2D eigenvalue weighted by Gasteiger charge is 2.37. The molecule has 0 bridgehead atoms. The SMILES string of the molecule is C[C@]1(N=Cc2ccoc2)CCS(=O)(=O)C1. The average molecular weight is 227 g/mol. The van der Waals surface area contributed by atoms with Gasteiger partial charge >= 0.3 is 0 Å². The lowest BCUT2D eigenvalue weighted by molar-refractivity contribution is 0.536. The Hall–Kier alpha value is -1.10. The number of sulfone groups is 1. The second-order valence-electron chi connectivity index (χ2n) is 4.15. The van der Waals surface area contributed by atoms with Gasteiger partial charge in [-0.2, -0.15) is 0 Å². The number of hydrogen-bond donors (Lipinski definition) is 0. The summed E-state index contributed by atoms with van der Waals surface area (Å²) in [4.78, 5) is 4.33. The van der Waals surface area contributed by atoms with E-state index in [9.17, 15) is 8.42 Å². The van der Waals surface area contributed by atoms with Crippen molar-refractivity contribution in [2.75, 3.05) is 11.5 Å². The fourth-order valence-corrected chi connectivity index (χ4v) is 3.74. The fourth-order valence-electron chi connectivity index (χ4n) is 1.67. The van der Waals surface area contributed by atoms with Crippen molar-refractivity contribution in [3.05, 3.63) is 24.2 Å². The van der Waals surface area contributed by atoms with E-state index in [2.05, 4.69) is 4.99 Å². The maximum atomic E-state index is 11.3. The van der Waals surface area contributed by atoms with Gasteiger partial charge in [0, 0.05) is 11.8 Å². The molecule has 0 unspecified atom stereocenters. The molecule has 82 valence electrons. The van der Waals surface area contributed by atoms with Crippen LogP contribution in [0.2, 0.25) is 0 Å². The lowest BCUT2D eigenvalue weighted by Gasteiger charge is -2.14. The summed E-state index contributed by atoms with van der Waals surface area (Å²) in [6, 6.07) is 1.79. The monoisotopic (exact) mass is 227 g/mol. The Morgan fingerprint density at radius 1 is 1.60 bits per heavy atom. The predicted octanol–water partition coefficient (Wildman–Crippen LogP) is 1.28. The third-order valence-electron chi connectivity index (χ3n) is 2.55. The van der Waals surface area contributed by atoms with E-state index in [1.165, 1.54) is 0 Å². The van der Waals surface area contributed by atoms with E-state index in [1.807, 2.05) is 6.92 Å². The molecule has 4 nitrogen and oxygen atoms in total. The van der Waals surface area contributed by atoms with E-state index >= 15 is 0 Å². The van der Waals surface area contributed by atoms with Gasteiger partial charge in [0.1, 0.15) is 0 Å². The molecule has 2 heterocycles. The Kier molecular flexibility index (Phi) is 2.42. The largest absolute Gasteiger partial charge is 0.472 e. The van der Waals surface area contributed by atoms with Crippen LogP contribution < -0.4 is 0 Å². The summed E-state index contributed by atoms with van der Waals surface area (Å²) in [5, 5.41) is 0. The minimum absolute atomic E-state index is 0.147. The van der Waals surface area contributed by atoms with Gasteiger partial charge in [0.05, 0.1) is 29.6 Å². The normalized spacial score (nSPS) is 29.9. The average Bonchev–Trinajstić information content (AvgIpc) is 2.71. The van der Waals surface area contributed by atoms with Crippen LogP contribution in [-0.4, -0.2) is 31.7 Å². The van der Waals surface area contributed by atoms with Gasteiger partial charge in [-0.05, 0) is 19.4 Å². The first-order valence-electron chi connectivity index (χ1n) is 4.77. The molecular weight excluding hydrogens is 214 g/mol. The molecule has 0 radical (unpaired) electrons. The van der Waals surface area contributed by atoms with Crippen molar-refractivity contribution in [2.45, 2.75) is 18.9 Å². The van der Waals surface area contributed by atoms with Gasteiger partial charge in [0.15, 0.2) is 9.84 Å². The highest BCUT2D eigenvalue weighted by molar-refractivity contribution is 7.91. The van der Waals surface area contributed by atoms with Gasteiger partial charge in [-0.15, -0.1) is 0 Å². The zero-order valence-electron chi connectivity index (χ0n) is 8.51. The minimum Gasteiger partial charge on any atom is -0.472 e. The summed E-state index contributed by atoms with van der Waals surface area (Å²) in [7, 11) is -2.88. The van der Waals surface area contributed by atoms with Crippen molar-refractivity contribution in [1.82, 2.24) is 0 Å². The summed E-state index contributed by atoms with van der Waals surface area (Å²) in [5.74, 6) is 0.389. The number of aliphatic imine (C=N–C) groups is 1. The van der Waals surface area contributed by atoms with E-state index in [0.29, 0.717) is 6.42 Å². The molecular formula is C10H13NO3S. The predicted molar refractivity (Wildman–Crippen MR) is 58.0 cm³/mol. The molecule has 2 rings (SSSR count). The lowest BCUT2D eigenvalue weighted by atomic mass is 10.0. The summed E-state index contributed by atoms with van der Waals surface area (Å²) in [5.41, 5.74) is 0.399. The van der Waals surface area contributed by atoms with Gasteiger partial charge in [-0.25, -0.2) is 8.42 Å². The van der Waals surface area contributed by atoms with Gasteiger partial charge in [0.25, 0.3) is 0 Å². The molecule has 0 aromatic carbocycles. The van der Waals surface area contributed by atoms with Crippen LogP contribution in [0, 0.1) is 0 Å². The first-order valence-corrected chi connectivity index (χ1v) is 6.59. The van der Waals surface area contributed by atoms with Crippen LogP contribution in [0.4, 0.5) is 0 Å². The quantitative estimate of drug-likeness (QED) is 0.715. The van der Waals surface area contributed by atoms with Crippen LogP contribution in [0.3, 0.4) is 0 Å². The first kappa shape index (κ1) is 10.4. The number of nitrogens with zero attached hydrogens (tertiary/aromatic N) is 1. The van der Waals surface area contributed by atoms with E-state index in [-0.39, 0.29) is 11.5 Å². The number of rotatable bonds is 2. The third kappa shape index (κ3) is 2.47. The molecule has 15 heavy (non-hydrogen) atoms. The first-order chi connectivity index (χ1) is 6.99. The zero-order chi connectivity index (χ0) is 10.9. The molecule has 1 aliphatic rings. The molecule has 1 fully saturated rings. The summed E-state index contributed by atoms with van der Waals surface area (Å²) in [6.07, 6.45) is 5.42. The molecule has 1 aromatic heterocycles. The van der Waals surface area contributed by atoms with Gasteiger partial charge in [0.2, 0.25) is 0 Å². The van der Waals surface area contributed by atoms with Gasteiger partial charge < -0.3 is 4.42 Å². The molecule has 0 spiro atoms. The molecule has 0 aliphatic carbocycles. The Bertz CT molecular complexity index is 461. The van der Waals surface area contributed by atoms with Crippen LogP contribution in [-0.2, 0) is 9.84 Å². The van der Waals surface area contributed by atoms with Crippen molar-refractivity contribution in [1.29, 1.82) is 0 Å². The van der Waals surface area contributed by atoms with Gasteiger partial charge in [-0.1, -0.05) is 0 Å². The number of furan rings is 1. The molecule has 1 atom stereocenters. The topological polar surface area (TPSA) is 59.6 Å². The molecule has 0 saturated carbocycles. The van der Waals surface area contributed by atoms with E-state index < -0.39 is 15.4 Å². The van der Waals surface area contributed by atoms with Crippen molar-refractivity contribution in [3.8, 4) is 0 Å². The summed E-state index contributed by atoms with van der Waals surface area (Å²) < 4.78 is 27.5. The van der Waals surface area contributed by atoms with Crippen molar-refractivity contribution in [2.24, 2.45) is 4.99 Å². The molecule has 1 aliphatic heterocycles. The van der Waals surface area contributed by atoms with Crippen molar-refractivity contribution < 1.29 is 12.8 Å². The molecule has 0 amide bonds. The van der Waals surface area contributed by atoms with Crippen LogP contribution in [0.25, 0.3) is 0 Å². The minimum atomic E-state index is -2.88. The highest BCUT2D eigenvalue weighted by Crippen LogP contribution is 2.26. The lowest BCUT2D eigenvalue weighted by Crippen LogP contribution is -2.23. The van der Waals surface area contributed by atoms with Crippen molar-refractivity contribution >= 4 is 16.1 Å². The molecule has 5 heteroatoms. The maximum absolute atomic E-state index is 11.3. The number of hydrogen-bond acceptors (Lipinski definition) is 4. The van der Waals surface area contributed by atoms with Crippen LogP contribution in [0.15, 0.2) is 28.0 Å². The van der Waals surface area contributed by atoms with E-state index in [0.717, 1.165) is 5.56 Å². The summed E-state index contributed by atoms with van der Waals surface area (Å²) in [6.45, 7) is 1.87. The zero-order valence-corrected chi connectivity index (χ0v) is 9.33. The fraction of sp³-hybridized carbons (Fsp3) is 0.500. The Labute approximate surface area is 88.9 Å². The Morgan fingerprint density at radius 3 is 2.93 bits per heavy atom. The molecule has 1 aromatic rings. The molecule has 1 saturated heterocycles. The summed E-state index contributed by atoms with van der Waals surface area (Å²) >= 11 is 0. The van der Waals surface area contributed by atoms with Crippen molar-refractivity contribution in [3.63, 3.8) is 0 Å². The van der Waals surface area contributed by atoms with E-state index in [1.54, 1.807) is 24.8 Å². The van der Waals surface area contributed by atoms with Crippen LogP contribution in [0.5, 0.6) is 0 Å². The van der Waals surface area contributed by atoms with Gasteiger partial charge in [-0.3, -0.25) is 4.99 Å². The standard InChI is InChI=1S/C10H13NO3S/c1-10(3-5-15(12,13)8-10)11-6-9-2-4-14-7-9/h2,4,6-7H,3,5,8H2,1H3/t10-/m0/s1. The van der Waals surface area contributed by atoms with E-state index in [4.69, 9.17) is 4.42 Å². The maximum Gasteiger partial charge on any atom is 0.152 e. The Morgan fingerprint density at radius 2 is 2.40 bits per heavy atom.